The Morgan fingerprint density at radius 1 is 0.773 bits per heavy atom. The van der Waals surface area contributed by atoms with Gasteiger partial charge in [-0.15, -0.1) is 0 Å². The fourth-order valence-electron chi connectivity index (χ4n) is 12.4. The van der Waals surface area contributed by atoms with Crippen molar-refractivity contribution in [3.8, 4) is 11.1 Å². The maximum absolute atomic E-state index is 9.19. The number of anilines is 1. The quantitative estimate of drug-likeness (QED) is 0.0892. The van der Waals surface area contributed by atoms with Crippen LogP contribution in [0.1, 0.15) is 89.9 Å². The molecule has 8 fully saturated rings. The van der Waals surface area contributed by atoms with E-state index in [1.807, 2.05) is 0 Å². The Morgan fingerprint density at radius 3 is 1.64 bits per heavy atom. The summed E-state index contributed by atoms with van der Waals surface area (Å²) in [5.41, 5.74) is 11.4. The molecular formula is C37H52NO3PPdS. The summed E-state index contributed by atoms with van der Waals surface area (Å²) < 4.78 is 27.4. The standard InChI is InChI=1S/C24H38P.C12H10N.CH4O3S.Pd/c25-3-1-2-22(23-10-16-4-17(11-23)6-18(5-16)12-23)24-13-19-7-20(14-24)9-21(8-19)15-24;13-12-9-5-4-8-11(12)10-6-2-1-3-7-10;1-5(2,3)4;/h16-22,25H,1-15H2;1-6,8-9H,13H2;1H3,(H,2,3,4);/q-1;;;+1. The number of hydrogen-bond donors (Lipinski definition) is 2. The molecule has 44 heavy (non-hydrogen) atoms. The molecule has 8 aliphatic rings. The Morgan fingerprint density at radius 2 is 1.18 bits per heavy atom. The molecule has 0 aromatic heterocycles. The number of hydrogen-bond acceptors (Lipinski definition) is 3. The predicted molar refractivity (Wildman–Crippen MR) is 181 cm³/mol. The van der Waals surface area contributed by atoms with Crippen molar-refractivity contribution >= 4 is 26.6 Å². The Hall–Kier alpha value is -0.758. The van der Waals surface area contributed by atoms with E-state index in [9.17, 15) is 8.42 Å². The molecule has 8 bridgehead atoms. The van der Waals surface area contributed by atoms with Gasteiger partial charge in [0, 0.05) is 0 Å². The van der Waals surface area contributed by atoms with Gasteiger partial charge in [-0.05, 0) is 0 Å². The third-order valence-electron chi connectivity index (χ3n) is 12.6. The first-order valence-corrected chi connectivity index (χ1v) is 23.2. The molecule has 3 N–H and O–H groups in total. The molecule has 0 heterocycles. The van der Waals surface area contributed by atoms with Crippen LogP contribution in [-0.4, -0.2) is 25.4 Å². The monoisotopic (exact) mass is 727 g/mol. The summed E-state index contributed by atoms with van der Waals surface area (Å²) in [6.07, 6.45) is 24.6. The van der Waals surface area contributed by atoms with Gasteiger partial charge in [0.25, 0.3) is 10.1 Å². The Labute approximate surface area is 275 Å². The summed E-state index contributed by atoms with van der Waals surface area (Å²) in [6, 6.07) is 17.5. The number of nitrogens with two attached hydrogens (primary N) is 1. The van der Waals surface area contributed by atoms with Crippen molar-refractivity contribution < 1.29 is 30.5 Å². The summed E-state index contributed by atoms with van der Waals surface area (Å²) >= 11 is 0.684. The van der Waals surface area contributed by atoms with Crippen LogP contribution < -0.4 is 9.77 Å². The zero-order chi connectivity index (χ0) is 30.5. The molecule has 0 spiro atoms. The summed E-state index contributed by atoms with van der Waals surface area (Å²) in [4.78, 5) is 0. The van der Waals surface area contributed by atoms with Crippen molar-refractivity contribution in [1.29, 1.82) is 0 Å². The number of para-hydroxylation sites is 1. The minimum absolute atomic E-state index is 0.684. The van der Waals surface area contributed by atoms with Crippen molar-refractivity contribution in [3.05, 3.63) is 48.5 Å². The molecule has 244 valence electrons. The van der Waals surface area contributed by atoms with E-state index in [4.69, 9.17) is 10.3 Å². The van der Waals surface area contributed by atoms with Gasteiger partial charge in [-0.1, -0.05) is 0 Å². The van der Waals surface area contributed by atoms with Crippen molar-refractivity contribution in [3.63, 3.8) is 0 Å². The van der Waals surface area contributed by atoms with Crippen LogP contribution in [0.5, 0.6) is 0 Å². The molecule has 10 rings (SSSR count). The number of nitrogen functional groups attached to an aromatic ring is 1. The molecule has 7 heteroatoms. The Bertz CT molecular complexity index is 1320. The van der Waals surface area contributed by atoms with Gasteiger partial charge >= 0.3 is 248 Å². The van der Waals surface area contributed by atoms with Crippen LogP contribution in [0.4, 0.5) is 5.69 Å². The molecule has 0 amide bonds. The summed E-state index contributed by atoms with van der Waals surface area (Å²) in [5, 5.41) is 0. The van der Waals surface area contributed by atoms with Gasteiger partial charge in [0.2, 0.25) is 0 Å². The van der Waals surface area contributed by atoms with E-state index in [2.05, 4.69) is 48.5 Å². The average molecular weight is 728 g/mol. The van der Waals surface area contributed by atoms with E-state index < -0.39 is 10.1 Å². The van der Waals surface area contributed by atoms with E-state index in [0.29, 0.717) is 23.7 Å². The van der Waals surface area contributed by atoms with E-state index in [1.165, 1.54) is 23.7 Å². The first-order chi connectivity index (χ1) is 21.1. The van der Waals surface area contributed by atoms with E-state index in [-0.39, 0.29) is 0 Å². The second-order valence-corrected chi connectivity index (χ2v) is 22.0. The van der Waals surface area contributed by atoms with Crippen molar-refractivity contribution in [2.24, 2.45) is 52.3 Å². The van der Waals surface area contributed by atoms with Gasteiger partial charge in [-0.2, -0.15) is 8.42 Å². The van der Waals surface area contributed by atoms with Gasteiger partial charge in [0.1, 0.15) is 0 Å². The van der Waals surface area contributed by atoms with Crippen molar-refractivity contribution in [2.75, 3.05) is 18.2 Å². The third-order valence-corrected chi connectivity index (χ3v) is 17.4. The second-order valence-electron chi connectivity index (χ2n) is 16.0. The van der Waals surface area contributed by atoms with Crippen LogP contribution in [-0.2, 0) is 27.6 Å². The fourth-order valence-corrected chi connectivity index (χ4v) is 16.9. The molecule has 0 aliphatic heterocycles. The molecule has 2 aromatic rings. The first-order valence-electron chi connectivity index (χ1n) is 17.2. The molecule has 0 saturated heterocycles. The zero-order valence-corrected chi connectivity index (χ0v) is 29.7. The zero-order valence-electron chi connectivity index (χ0n) is 26.3. The van der Waals surface area contributed by atoms with E-state index >= 15 is 0 Å². The normalized spacial score (nSPS) is 37.4. The number of rotatable bonds is 9. The molecule has 2 aromatic carbocycles. The molecule has 0 radical (unpaired) electrons. The second kappa shape index (κ2) is 12.7. The summed E-state index contributed by atoms with van der Waals surface area (Å²) in [6.45, 7) is 1.08. The van der Waals surface area contributed by atoms with Crippen molar-refractivity contribution in [1.82, 2.24) is 0 Å². The van der Waals surface area contributed by atoms with Gasteiger partial charge in [-0.3, -0.25) is 4.55 Å². The van der Waals surface area contributed by atoms with Crippen LogP contribution in [0, 0.1) is 52.3 Å². The Balaban J connectivity index is 0.000000581. The van der Waals surface area contributed by atoms with E-state index in [1.54, 1.807) is 87.5 Å². The number of benzene rings is 2. The van der Waals surface area contributed by atoms with Gasteiger partial charge in [0.05, 0.1) is 6.26 Å². The molecular weight excluding hydrogens is 676 g/mol. The summed E-state index contributed by atoms with van der Waals surface area (Å²) in [5.74, 6) is 7.63. The van der Waals surface area contributed by atoms with Gasteiger partial charge in [-0.25, -0.2) is 0 Å². The molecule has 8 saturated carbocycles. The molecule has 1 atom stereocenters. The minimum atomic E-state index is -3.67. The van der Waals surface area contributed by atoms with Crippen LogP contribution in [0.2, 0.25) is 0 Å². The van der Waals surface area contributed by atoms with Crippen molar-refractivity contribution in [2.45, 2.75) is 89.9 Å². The fraction of sp³-hybridized carbons (Fsp3) is 0.676. The predicted octanol–water partition coefficient (Wildman–Crippen LogP) is 8.57. The SMILES string of the molecule is CS(=O)(=O)O.Nc1ccccc1-c1cccc[c]1[Pd][PH]CCCC(C12CC3CC(CC(C3)C1)C2)C12CC3CC(CC(C3)C1)C2. The molecule has 1 unspecified atom stereocenters. The molecule has 4 nitrogen and oxygen atoms in total. The van der Waals surface area contributed by atoms with Crippen LogP contribution in [0.15, 0.2) is 48.5 Å². The van der Waals surface area contributed by atoms with Gasteiger partial charge in [0.15, 0.2) is 0 Å². The summed E-state index contributed by atoms with van der Waals surface area (Å²) in [7, 11) is -3.67. The topological polar surface area (TPSA) is 80.4 Å². The van der Waals surface area contributed by atoms with E-state index in [0.717, 1.165) is 64.7 Å². The third kappa shape index (κ3) is 6.78. The average Bonchev–Trinajstić information content (AvgIpc) is 2.93. The van der Waals surface area contributed by atoms with Crippen LogP contribution in [0.25, 0.3) is 11.1 Å². The van der Waals surface area contributed by atoms with Crippen LogP contribution in [0.3, 0.4) is 0 Å². The van der Waals surface area contributed by atoms with Gasteiger partial charge < -0.3 is 0 Å². The maximum atomic E-state index is 9.19. The molecule has 8 aliphatic carbocycles. The first kappa shape index (κ1) is 31.8. The van der Waals surface area contributed by atoms with Crippen LogP contribution >= 0.6 is 6.77 Å². The Kier molecular flexibility index (Phi) is 9.18.